The van der Waals surface area contributed by atoms with E-state index in [2.05, 4.69) is 17.5 Å². The van der Waals surface area contributed by atoms with E-state index in [1.807, 2.05) is 26.0 Å². The zero-order valence-electron chi connectivity index (χ0n) is 11.1. The lowest BCUT2D eigenvalue weighted by atomic mass is 9.61. The second-order valence-electron chi connectivity index (χ2n) is 5.91. The minimum atomic E-state index is -0.491. The molecule has 1 amide bonds. The fourth-order valence-corrected chi connectivity index (χ4v) is 2.83. The van der Waals surface area contributed by atoms with E-state index in [4.69, 9.17) is 4.74 Å². The van der Waals surface area contributed by atoms with E-state index in [0.29, 0.717) is 19.6 Å². The molecule has 2 heterocycles. The van der Waals surface area contributed by atoms with E-state index in [1.165, 1.54) is 0 Å². The maximum atomic E-state index is 11.4. The number of rotatable bonds is 2. The van der Waals surface area contributed by atoms with Gasteiger partial charge in [-0.15, -0.1) is 0 Å². The summed E-state index contributed by atoms with van der Waals surface area (Å²) < 4.78 is 5.39. The Balaban J connectivity index is 2.05. The van der Waals surface area contributed by atoms with E-state index < -0.39 is 5.41 Å². The molecule has 0 bridgehead atoms. The summed E-state index contributed by atoms with van der Waals surface area (Å²) in [6.07, 6.45) is 0.424. The molecule has 98 valence electrons. The number of nitrogens with zero attached hydrogens (tertiary/aromatic N) is 1. The van der Waals surface area contributed by atoms with Gasteiger partial charge in [0, 0.05) is 5.69 Å². The first-order valence-electron chi connectivity index (χ1n) is 6.41. The molecular weight excluding hydrogens is 240 g/mol. The van der Waals surface area contributed by atoms with E-state index in [9.17, 15) is 10.1 Å². The maximum absolute atomic E-state index is 11.4. The van der Waals surface area contributed by atoms with Crippen LogP contribution < -0.4 is 5.32 Å². The fraction of sp³-hybridized carbons (Fsp3) is 0.467. The van der Waals surface area contributed by atoms with Crippen LogP contribution in [-0.4, -0.2) is 19.1 Å². The Kier molecular flexibility index (Phi) is 2.45. The van der Waals surface area contributed by atoms with Crippen LogP contribution in [0, 0.1) is 16.7 Å². The first kappa shape index (κ1) is 12.2. The Morgan fingerprint density at radius 2 is 2.16 bits per heavy atom. The summed E-state index contributed by atoms with van der Waals surface area (Å²) in [6, 6.07) is 8.39. The number of hydrogen-bond acceptors (Lipinski definition) is 3. The molecule has 1 saturated heterocycles. The summed E-state index contributed by atoms with van der Waals surface area (Å²) in [5.74, 6) is 0.0330. The highest BCUT2D eigenvalue weighted by atomic mass is 16.5. The molecule has 3 rings (SSSR count). The van der Waals surface area contributed by atoms with Crippen molar-refractivity contribution < 1.29 is 9.53 Å². The van der Waals surface area contributed by atoms with Crippen LogP contribution in [0.15, 0.2) is 18.2 Å². The van der Waals surface area contributed by atoms with Gasteiger partial charge in [-0.25, -0.2) is 0 Å². The standard InChI is InChI=1S/C15H16N2O2/c1-14(2,7-16)15(8-19-9-15)11-3-4-12-10(5-11)6-13(18)17-12/h3-5H,6,8-9H2,1-2H3,(H,17,18). The van der Waals surface area contributed by atoms with Crippen LogP contribution in [0.5, 0.6) is 0 Å². The smallest absolute Gasteiger partial charge is 0.228 e. The van der Waals surface area contributed by atoms with Crippen LogP contribution >= 0.6 is 0 Å². The van der Waals surface area contributed by atoms with Gasteiger partial charge in [-0.05, 0) is 31.0 Å². The predicted molar refractivity (Wildman–Crippen MR) is 70.7 cm³/mol. The molecule has 0 spiro atoms. The molecule has 4 nitrogen and oxygen atoms in total. The minimum Gasteiger partial charge on any atom is -0.379 e. The molecule has 19 heavy (non-hydrogen) atoms. The second kappa shape index (κ2) is 3.82. The molecule has 2 aliphatic heterocycles. The average Bonchev–Trinajstić information content (AvgIpc) is 2.66. The number of ether oxygens (including phenoxy) is 1. The molecular formula is C15H16N2O2. The van der Waals surface area contributed by atoms with Gasteiger partial charge in [-0.1, -0.05) is 12.1 Å². The number of anilines is 1. The third-order valence-corrected chi connectivity index (χ3v) is 4.46. The Bertz CT molecular complexity index is 595. The van der Waals surface area contributed by atoms with Gasteiger partial charge in [-0.2, -0.15) is 5.26 Å². The van der Waals surface area contributed by atoms with Crippen LogP contribution in [0.25, 0.3) is 0 Å². The molecule has 0 unspecified atom stereocenters. The quantitative estimate of drug-likeness (QED) is 0.880. The highest BCUT2D eigenvalue weighted by molar-refractivity contribution is 5.99. The van der Waals surface area contributed by atoms with Crippen molar-refractivity contribution in [1.29, 1.82) is 5.26 Å². The Labute approximate surface area is 112 Å². The maximum Gasteiger partial charge on any atom is 0.228 e. The van der Waals surface area contributed by atoms with E-state index in [0.717, 1.165) is 16.8 Å². The fourth-order valence-electron chi connectivity index (χ4n) is 2.83. The van der Waals surface area contributed by atoms with Crippen molar-refractivity contribution in [3.05, 3.63) is 29.3 Å². The third kappa shape index (κ3) is 1.58. The Hall–Kier alpha value is -1.86. The number of fused-ring (bicyclic) bond motifs is 1. The van der Waals surface area contributed by atoms with Crippen molar-refractivity contribution >= 4 is 11.6 Å². The summed E-state index contributed by atoms with van der Waals surface area (Å²) in [6.45, 7) is 5.03. The minimum absolute atomic E-state index is 0.0330. The lowest BCUT2D eigenvalue weighted by Crippen LogP contribution is -2.56. The van der Waals surface area contributed by atoms with Gasteiger partial charge in [0.15, 0.2) is 0 Å². The monoisotopic (exact) mass is 256 g/mol. The number of benzene rings is 1. The number of carbonyl (C=O) groups excluding carboxylic acids is 1. The van der Waals surface area contributed by atoms with Crippen molar-refractivity contribution in [1.82, 2.24) is 0 Å². The number of amides is 1. The molecule has 0 aliphatic carbocycles. The summed E-state index contributed by atoms with van der Waals surface area (Å²) in [7, 11) is 0. The van der Waals surface area contributed by atoms with Gasteiger partial charge in [0.25, 0.3) is 0 Å². The average molecular weight is 256 g/mol. The van der Waals surface area contributed by atoms with Crippen molar-refractivity contribution in [2.24, 2.45) is 5.41 Å². The highest BCUT2D eigenvalue weighted by Crippen LogP contribution is 2.47. The third-order valence-electron chi connectivity index (χ3n) is 4.46. The van der Waals surface area contributed by atoms with Gasteiger partial charge in [0.2, 0.25) is 5.91 Å². The molecule has 0 aromatic heterocycles. The van der Waals surface area contributed by atoms with Gasteiger partial charge in [0.1, 0.15) is 0 Å². The zero-order chi connectivity index (χ0) is 13.7. The van der Waals surface area contributed by atoms with Crippen molar-refractivity contribution in [2.45, 2.75) is 25.7 Å². The summed E-state index contributed by atoms with van der Waals surface area (Å²) >= 11 is 0. The Morgan fingerprint density at radius 3 is 2.74 bits per heavy atom. The summed E-state index contributed by atoms with van der Waals surface area (Å²) in [4.78, 5) is 11.4. The molecule has 1 aromatic carbocycles. The normalized spacial score (nSPS) is 20.2. The van der Waals surface area contributed by atoms with Crippen molar-refractivity contribution in [3.8, 4) is 6.07 Å². The lowest BCUT2D eigenvalue weighted by Gasteiger charge is -2.49. The molecule has 0 atom stereocenters. The van der Waals surface area contributed by atoms with Gasteiger partial charge in [-0.3, -0.25) is 4.79 Å². The van der Waals surface area contributed by atoms with Crippen LogP contribution in [0.3, 0.4) is 0 Å². The molecule has 4 heteroatoms. The number of carbonyl (C=O) groups is 1. The Morgan fingerprint density at radius 1 is 1.42 bits per heavy atom. The largest absolute Gasteiger partial charge is 0.379 e. The number of nitrogens with one attached hydrogen (secondary N) is 1. The first-order valence-corrected chi connectivity index (χ1v) is 6.41. The van der Waals surface area contributed by atoms with Gasteiger partial charge < -0.3 is 10.1 Å². The van der Waals surface area contributed by atoms with Crippen LogP contribution in [0.4, 0.5) is 5.69 Å². The molecule has 0 radical (unpaired) electrons. The molecule has 1 aromatic rings. The van der Waals surface area contributed by atoms with Crippen LogP contribution in [0.2, 0.25) is 0 Å². The SMILES string of the molecule is CC(C)(C#N)C1(c2ccc3c(c2)CC(=O)N3)COC1. The first-order chi connectivity index (χ1) is 8.98. The number of nitriles is 1. The molecule has 2 aliphatic rings. The van der Waals surface area contributed by atoms with Crippen molar-refractivity contribution in [2.75, 3.05) is 18.5 Å². The van der Waals surface area contributed by atoms with E-state index >= 15 is 0 Å². The topological polar surface area (TPSA) is 62.1 Å². The van der Waals surface area contributed by atoms with Gasteiger partial charge in [0.05, 0.1) is 36.5 Å². The predicted octanol–water partition coefficient (Wildman–Crippen LogP) is 2.00. The van der Waals surface area contributed by atoms with Crippen LogP contribution in [-0.2, 0) is 21.4 Å². The second-order valence-corrected chi connectivity index (χ2v) is 5.91. The summed E-state index contributed by atoms with van der Waals surface area (Å²) in [5.41, 5.74) is 2.25. The molecule has 1 fully saturated rings. The van der Waals surface area contributed by atoms with Crippen molar-refractivity contribution in [3.63, 3.8) is 0 Å². The summed E-state index contributed by atoms with van der Waals surface area (Å²) in [5, 5.41) is 12.2. The van der Waals surface area contributed by atoms with Gasteiger partial charge >= 0.3 is 0 Å². The van der Waals surface area contributed by atoms with E-state index in [1.54, 1.807) is 0 Å². The molecule has 1 N–H and O–H groups in total. The van der Waals surface area contributed by atoms with Crippen LogP contribution in [0.1, 0.15) is 25.0 Å². The lowest BCUT2D eigenvalue weighted by molar-refractivity contribution is -0.115. The highest BCUT2D eigenvalue weighted by Gasteiger charge is 2.52. The number of hydrogen-bond donors (Lipinski definition) is 1. The molecule has 0 saturated carbocycles. The zero-order valence-corrected chi connectivity index (χ0v) is 11.1. The van der Waals surface area contributed by atoms with E-state index in [-0.39, 0.29) is 11.3 Å².